The lowest BCUT2D eigenvalue weighted by Gasteiger charge is -2.35. The third-order valence-corrected chi connectivity index (χ3v) is 7.77. The Kier molecular flexibility index (Phi) is 5.96. The van der Waals surface area contributed by atoms with E-state index in [2.05, 4.69) is 0 Å². The first kappa shape index (κ1) is 25.1. The highest BCUT2D eigenvalue weighted by molar-refractivity contribution is 6.20. The molecule has 37 heavy (non-hydrogen) atoms. The van der Waals surface area contributed by atoms with Gasteiger partial charge in [0.2, 0.25) is 0 Å². The zero-order valence-corrected chi connectivity index (χ0v) is 22.4. The highest BCUT2D eigenvalue weighted by atomic mass is 16.5. The third kappa shape index (κ3) is 4.22. The highest BCUT2D eigenvalue weighted by Gasteiger charge is 2.48. The molecular formula is C29H35N3O5. The van der Waals surface area contributed by atoms with Gasteiger partial charge in [0.25, 0.3) is 11.8 Å². The molecule has 0 radical (unpaired) electrons. The summed E-state index contributed by atoms with van der Waals surface area (Å²) in [5.74, 6) is 1.36. The number of ether oxygens (including phenoxy) is 2. The van der Waals surface area contributed by atoms with Gasteiger partial charge in [0.05, 0.1) is 24.3 Å². The van der Waals surface area contributed by atoms with Crippen molar-refractivity contribution in [2.24, 2.45) is 10.5 Å². The van der Waals surface area contributed by atoms with Crippen LogP contribution in [0.25, 0.3) is 0 Å². The Balaban J connectivity index is 1.39. The maximum Gasteiger partial charge on any atom is 0.254 e. The van der Waals surface area contributed by atoms with E-state index in [1.165, 1.54) is 6.07 Å². The van der Waals surface area contributed by atoms with E-state index in [0.29, 0.717) is 43.7 Å². The number of hydrazone groups is 1. The largest absolute Gasteiger partial charge is 0.508 e. The summed E-state index contributed by atoms with van der Waals surface area (Å²) in [4.78, 5) is 28.5. The zero-order valence-electron chi connectivity index (χ0n) is 22.4. The number of likely N-dealkylation sites (tertiary alicyclic amines) is 1. The van der Waals surface area contributed by atoms with Crippen molar-refractivity contribution < 1.29 is 24.2 Å². The molecule has 8 nitrogen and oxygen atoms in total. The maximum absolute atomic E-state index is 13.6. The minimum atomic E-state index is -0.791. The minimum Gasteiger partial charge on any atom is -0.508 e. The van der Waals surface area contributed by atoms with Crippen molar-refractivity contribution >= 4 is 17.5 Å². The van der Waals surface area contributed by atoms with Crippen LogP contribution in [0.1, 0.15) is 67.6 Å². The predicted octanol–water partition coefficient (Wildman–Crippen LogP) is 4.30. The number of amides is 2. The van der Waals surface area contributed by atoms with Crippen LogP contribution in [0.15, 0.2) is 35.4 Å². The molecule has 1 saturated heterocycles. The number of nitrogens with zero attached hydrogens (tertiary/aromatic N) is 3. The van der Waals surface area contributed by atoms with Crippen molar-refractivity contribution in [1.29, 1.82) is 0 Å². The van der Waals surface area contributed by atoms with Gasteiger partial charge in [-0.2, -0.15) is 5.10 Å². The van der Waals surface area contributed by atoms with Crippen LogP contribution in [-0.2, 0) is 11.2 Å². The second-order valence-electron chi connectivity index (χ2n) is 11.4. The van der Waals surface area contributed by atoms with Crippen LogP contribution in [0.5, 0.6) is 17.2 Å². The SMILES string of the molecule is COc1ccc(C2=NN(C3CCN(C(=O)c4cc(O)ccc4C)CC3)C(=O)C2(C)C)c2c1OC(C)(C)C2. The fourth-order valence-electron chi connectivity index (χ4n) is 5.64. The number of carbonyl (C=O) groups excluding carboxylic acids is 2. The molecule has 2 aromatic carbocycles. The monoisotopic (exact) mass is 505 g/mol. The van der Waals surface area contributed by atoms with Crippen LogP contribution in [0.2, 0.25) is 0 Å². The van der Waals surface area contributed by atoms with Gasteiger partial charge < -0.3 is 19.5 Å². The van der Waals surface area contributed by atoms with Crippen molar-refractivity contribution in [3.8, 4) is 17.2 Å². The van der Waals surface area contributed by atoms with Crippen LogP contribution in [-0.4, -0.2) is 64.4 Å². The van der Waals surface area contributed by atoms with E-state index in [-0.39, 0.29) is 29.2 Å². The van der Waals surface area contributed by atoms with E-state index in [1.807, 2.05) is 46.8 Å². The Bertz CT molecular complexity index is 1300. The molecule has 1 fully saturated rings. The summed E-state index contributed by atoms with van der Waals surface area (Å²) >= 11 is 0. The number of aryl methyl sites for hydroxylation is 1. The van der Waals surface area contributed by atoms with Gasteiger partial charge in [-0.25, -0.2) is 5.01 Å². The van der Waals surface area contributed by atoms with Gasteiger partial charge in [-0.15, -0.1) is 0 Å². The molecular weight excluding hydrogens is 470 g/mol. The first-order chi connectivity index (χ1) is 17.4. The van der Waals surface area contributed by atoms with Crippen LogP contribution in [0, 0.1) is 12.3 Å². The Morgan fingerprint density at radius 3 is 2.51 bits per heavy atom. The summed E-state index contributed by atoms with van der Waals surface area (Å²) in [6.07, 6.45) is 1.98. The Labute approximate surface area is 217 Å². The normalized spacial score (nSPS) is 20.5. The molecule has 2 amide bonds. The maximum atomic E-state index is 13.6. The molecule has 3 aliphatic rings. The number of phenols is 1. The standard InChI is InChI=1S/C29H35N3O5/c1-17-7-8-19(33)15-21(17)26(34)31-13-11-18(12-14-31)32-27(35)29(4,5)25(30-32)20-9-10-23(36-6)24-22(20)16-28(2,3)37-24/h7-10,15,18,33H,11-14,16H2,1-6H3. The van der Waals surface area contributed by atoms with Gasteiger partial charge in [0.1, 0.15) is 11.4 Å². The van der Waals surface area contributed by atoms with Crippen molar-refractivity contribution in [3.63, 3.8) is 0 Å². The second-order valence-corrected chi connectivity index (χ2v) is 11.4. The summed E-state index contributed by atoms with van der Waals surface area (Å²) in [6, 6.07) is 8.63. The third-order valence-electron chi connectivity index (χ3n) is 7.77. The van der Waals surface area contributed by atoms with E-state index in [4.69, 9.17) is 14.6 Å². The van der Waals surface area contributed by atoms with Crippen molar-refractivity contribution in [3.05, 3.63) is 52.6 Å². The van der Waals surface area contributed by atoms with Crippen LogP contribution in [0.3, 0.4) is 0 Å². The Morgan fingerprint density at radius 1 is 1.14 bits per heavy atom. The van der Waals surface area contributed by atoms with E-state index >= 15 is 0 Å². The quantitative estimate of drug-likeness (QED) is 0.669. The molecule has 1 N–H and O–H groups in total. The summed E-state index contributed by atoms with van der Waals surface area (Å²) in [5.41, 5.74) is 2.87. The van der Waals surface area contributed by atoms with Gasteiger partial charge >= 0.3 is 0 Å². The van der Waals surface area contributed by atoms with Gasteiger partial charge in [-0.05, 0) is 77.3 Å². The number of rotatable bonds is 4. The number of benzene rings is 2. The van der Waals surface area contributed by atoms with Crippen molar-refractivity contribution in [2.75, 3.05) is 20.2 Å². The van der Waals surface area contributed by atoms with Gasteiger partial charge in [-0.1, -0.05) is 6.07 Å². The smallest absolute Gasteiger partial charge is 0.254 e. The fourth-order valence-corrected chi connectivity index (χ4v) is 5.64. The lowest BCUT2D eigenvalue weighted by molar-refractivity contribution is -0.137. The van der Waals surface area contributed by atoms with Gasteiger partial charge in [-0.3, -0.25) is 9.59 Å². The first-order valence-electron chi connectivity index (χ1n) is 12.8. The molecule has 0 spiro atoms. The summed E-state index contributed by atoms with van der Waals surface area (Å²) in [6.45, 7) is 10.8. The summed E-state index contributed by atoms with van der Waals surface area (Å²) < 4.78 is 11.8. The summed E-state index contributed by atoms with van der Waals surface area (Å²) in [7, 11) is 1.63. The molecule has 0 saturated carbocycles. The number of fused-ring (bicyclic) bond motifs is 1. The molecule has 0 unspecified atom stereocenters. The zero-order chi connectivity index (χ0) is 26.7. The Morgan fingerprint density at radius 2 is 1.84 bits per heavy atom. The second kappa shape index (κ2) is 8.78. The molecule has 196 valence electrons. The fraction of sp³-hybridized carbons (Fsp3) is 0.483. The molecule has 0 bridgehead atoms. The minimum absolute atomic E-state index is 0.0288. The molecule has 0 atom stereocenters. The molecule has 5 rings (SSSR count). The molecule has 3 heterocycles. The molecule has 2 aromatic rings. The van der Waals surface area contributed by atoms with E-state index in [9.17, 15) is 14.7 Å². The van der Waals surface area contributed by atoms with Gasteiger partial charge in [0, 0.05) is 36.2 Å². The van der Waals surface area contributed by atoms with Crippen molar-refractivity contribution in [2.45, 2.75) is 65.5 Å². The number of hydrogen-bond donors (Lipinski definition) is 1. The van der Waals surface area contributed by atoms with E-state index in [1.54, 1.807) is 29.2 Å². The lowest BCUT2D eigenvalue weighted by Crippen LogP contribution is -2.47. The van der Waals surface area contributed by atoms with Crippen LogP contribution < -0.4 is 9.47 Å². The molecule has 0 aromatic heterocycles. The lowest BCUT2D eigenvalue weighted by atomic mass is 9.80. The van der Waals surface area contributed by atoms with Crippen molar-refractivity contribution in [1.82, 2.24) is 9.91 Å². The van der Waals surface area contributed by atoms with E-state index in [0.717, 1.165) is 28.2 Å². The van der Waals surface area contributed by atoms with Gasteiger partial charge in [0.15, 0.2) is 11.5 Å². The average molecular weight is 506 g/mol. The predicted molar refractivity (Wildman–Crippen MR) is 140 cm³/mol. The number of carbonyl (C=O) groups is 2. The first-order valence-corrected chi connectivity index (χ1v) is 12.8. The summed E-state index contributed by atoms with van der Waals surface area (Å²) in [5, 5.41) is 16.4. The Hall–Kier alpha value is -3.55. The van der Waals surface area contributed by atoms with Crippen LogP contribution >= 0.6 is 0 Å². The molecule has 0 aliphatic carbocycles. The number of piperidine rings is 1. The average Bonchev–Trinajstić information content (AvgIpc) is 3.31. The number of hydrogen-bond acceptors (Lipinski definition) is 6. The van der Waals surface area contributed by atoms with Crippen LogP contribution in [0.4, 0.5) is 0 Å². The molecule has 3 aliphatic heterocycles. The highest BCUT2D eigenvalue weighted by Crippen LogP contribution is 2.46. The number of aromatic hydroxyl groups is 1. The number of methoxy groups -OCH3 is 1. The topological polar surface area (TPSA) is 91.7 Å². The van der Waals surface area contributed by atoms with E-state index < -0.39 is 5.41 Å². The molecule has 8 heteroatoms. The number of phenolic OH excluding ortho intramolecular Hbond substituents is 1.